The van der Waals surface area contributed by atoms with Gasteiger partial charge in [-0.2, -0.15) is 0 Å². The van der Waals surface area contributed by atoms with Gasteiger partial charge in [-0.25, -0.2) is 4.79 Å². The number of rotatable bonds is 6. The van der Waals surface area contributed by atoms with Crippen LogP contribution in [0.25, 0.3) is 0 Å². The summed E-state index contributed by atoms with van der Waals surface area (Å²) in [6, 6.07) is 5.79. The van der Waals surface area contributed by atoms with Gasteiger partial charge in [-0.3, -0.25) is 4.79 Å². The van der Waals surface area contributed by atoms with E-state index in [9.17, 15) is 9.59 Å². The Morgan fingerprint density at radius 1 is 1.25 bits per heavy atom. The van der Waals surface area contributed by atoms with Crippen molar-refractivity contribution >= 4 is 40.2 Å². The monoisotopic (exact) mass is 309 g/mol. The number of aryl methyl sites for hydroxylation is 1. The fraction of sp³-hybridized carbons (Fsp3) is 0.286. The third-order valence-corrected chi connectivity index (χ3v) is 4.55. The first-order chi connectivity index (χ1) is 9.70. The van der Waals surface area contributed by atoms with Gasteiger partial charge in [0.05, 0.1) is 12.8 Å². The smallest absolute Gasteiger partial charge is 0.350 e. The molecule has 106 valence electrons. The summed E-state index contributed by atoms with van der Waals surface area (Å²) >= 11 is 2.96. The second-order valence-electron chi connectivity index (χ2n) is 4.14. The van der Waals surface area contributed by atoms with Crippen LogP contribution in [0.5, 0.6) is 0 Å². The summed E-state index contributed by atoms with van der Waals surface area (Å²) in [5, 5.41) is 6.55. The number of carbonyl (C=O) groups is 2. The number of anilines is 1. The number of carbonyl (C=O) groups excluding carboxylic acids is 2. The average molecular weight is 309 g/mol. The average Bonchev–Trinajstić information content (AvgIpc) is 3.09. The highest BCUT2D eigenvalue weighted by Gasteiger charge is 2.15. The predicted molar refractivity (Wildman–Crippen MR) is 81.5 cm³/mol. The first-order valence-electron chi connectivity index (χ1n) is 6.18. The molecule has 0 fully saturated rings. The lowest BCUT2D eigenvalue weighted by atomic mass is 10.2. The fourth-order valence-electron chi connectivity index (χ4n) is 1.75. The maximum Gasteiger partial charge on any atom is 0.350 e. The number of esters is 1. The van der Waals surface area contributed by atoms with E-state index in [4.69, 9.17) is 0 Å². The highest BCUT2D eigenvalue weighted by molar-refractivity contribution is 7.12. The van der Waals surface area contributed by atoms with Crippen LogP contribution in [0.2, 0.25) is 0 Å². The molecule has 4 nitrogen and oxygen atoms in total. The Balaban J connectivity index is 1.82. The van der Waals surface area contributed by atoms with Crippen molar-refractivity contribution in [2.45, 2.75) is 19.3 Å². The Morgan fingerprint density at radius 3 is 2.80 bits per heavy atom. The van der Waals surface area contributed by atoms with E-state index >= 15 is 0 Å². The van der Waals surface area contributed by atoms with Crippen LogP contribution in [0, 0.1) is 0 Å². The molecule has 2 rings (SSSR count). The summed E-state index contributed by atoms with van der Waals surface area (Å²) in [6.07, 6.45) is 2.14. The second kappa shape index (κ2) is 7.21. The molecule has 0 saturated carbocycles. The zero-order valence-corrected chi connectivity index (χ0v) is 12.7. The van der Waals surface area contributed by atoms with E-state index in [0.717, 1.165) is 12.8 Å². The Kier molecular flexibility index (Phi) is 5.31. The standard InChI is InChI=1S/C14H15NO3S2/c1-18-14(17)13-11(7-9-20-13)15-12(16)6-2-4-10-5-3-8-19-10/h3,5,7-9H,2,4,6H2,1H3,(H,15,16). The maximum absolute atomic E-state index is 11.8. The SMILES string of the molecule is COC(=O)c1sccc1NC(=O)CCCc1cccs1. The van der Waals surface area contributed by atoms with Gasteiger partial charge < -0.3 is 10.1 Å². The molecule has 0 spiro atoms. The molecule has 1 N–H and O–H groups in total. The van der Waals surface area contributed by atoms with Gasteiger partial charge in [0.25, 0.3) is 0 Å². The summed E-state index contributed by atoms with van der Waals surface area (Å²) in [4.78, 5) is 25.0. The van der Waals surface area contributed by atoms with Crippen molar-refractivity contribution < 1.29 is 14.3 Å². The number of nitrogens with one attached hydrogen (secondary N) is 1. The molecule has 0 saturated heterocycles. The first-order valence-corrected chi connectivity index (χ1v) is 7.94. The highest BCUT2D eigenvalue weighted by atomic mass is 32.1. The highest BCUT2D eigenvalue weighted by Crippen LogP contribution is 2.23. The third kappa shape index (κ3) is 3.91. The normalized spacial score (nSPS) is 10.2. The van der Waals surface area contributed by atoms with Gasteiger partial charge in [0.2, 0.25) is 5.91 Å². The van der Waals surface area contributed by atoms with Crippen molar-refractivity contribution in [1.29, 1.82) is 0 Å². The van der Waals surface area contributed by atoms with E-state index < -0.39 is 5.97 Å². The van der Waals surface area contributed by atoms with Crippen LogP contribution in [0.15, 0.2) is 29.0 Å². The summed E-state index contributed by atoms with van der Waals surface area (Å²) in [6.45, 7) is 0. The molecule has 0 aliphatic heterocycles. The van der Waals surface area contributed by atoms with Crippen molar-refractivity contribution in [3.8, 4) is 0 Å². The van der Waals surface area contributed by atoms with Crippen molar-refractivity contribution in [1.82, 2.24) is 0 Å². The molecule has 2 aromatic heterocycles. The maximum atomic E-state index is 11.8. The van der Waals surface area contributed by atoms with Crippen LogP contribution in [-0.2, 0) is 16.0 Å². The van der Waals surface area contributed by atoms with E-state index in [2.05, 4.69) is 16.1 Å². The van der Waals surface area contributed by atoms with Gasteiger partial charge >= 0.3 is 5.97 Å². The molecule has 2 aromatic rings. The number of thiophene rings is 2. The molecule has 6 heteroatoms. The molecule has 0 unspecified atom stereocenters. The molecular formula is C14H15NO3S2. The van der Waals surface area contributed by atoms with Crippen molar-refractivity contribution in [3.63, 3.8) is 0 Å². The van der Waals surface area contributed by atoms with Crippen LogP contribution in [0.3, 0.4) is 0 Å². The van der Waals surface area contributed by atoms with Gasteiger partial charge in [0.1, 0.15) is 4.88 Å². The summed E-state index contributed by atoms with van der Waals surface area (Å²) in [5.41, 5.74) is 0.531. The molecule has 0 atom stereocenters. The third-order valence-electron chi connectivity index (χ3n) is 2.72. The Hall–Kier alpha value is -1.66. The van der Waals surface area contributed by atoms with Gasteiger partial charge in [-0.05, 0) is 35.7 Å². The van der Waals surface area contributed by atoms with E-state index in [1.54, 1.807) is 22.8 Å². The Bertz CT molecular complexity index is 575. The second-order valence-corrected chi connectivity index (χ2v) is 6.08. The minimum atomic E-state index is -0.422. The minimum absolute atomic E-state index is 0.0786. The fourth-order valence-corrected chi connectivity index (χ4v) is 3.27. The molecule has 1 amide bonds. The number of hydrogen-bond donors (Lipinski definition) is 1. The minimum Gasteiger partial charge on any atom is -0.465 e. The first kappa shape index (κ1) is 14.7. The molecular weight excluding hydrogens is 294 g/mol. The van der Waals surface area contributed by atoms with E-state index in [0.29, 0.717) is 17.0 Å². The summed E-state index contributed by atoms with van der Waals surface area (Å²) in [5.74, 6) is -0.501. The van der Waals surface area contributed by atoms with Gasteiger partial charge in [0, 0.05) is 11.3 Å². The topological polar surface area (TPSA) is 55.4 Å². The molecule has 0 bridgehead atoms. The van der Waals surface area contributed by atoms with Crippen LogP contribution in [-0.4, -0.2) is 19.0 Å². The molecule has 2 heterocycles. The van der Waals surface area contributed by atoms with E-state index in [1.165, 1.54) is 23.3 Å². The lowest BCUT2D eigenvalue weighted by Gasteiger charge is -2.05. The molecule has 0 aliphatic carbocycles. The summed E-state index contributed by atoms with van der Waals surface area (Å²) in [7, 11) is 1.33. The van der Waals surface area contributed by atoms with Crippen molar-refractivity contribution in [2.24, 2.45) is 0 Å². The molecule has 0 aromatic carbocycles. The quantitative estimate of drug-likeness (QED) is 0.830. The van der Waals surface area contributed by atoms with Gasteiger partial charge in [-0.1, -0.05) is 6.07 Å². The molecule has 0 aliphatic rings. The van der Waals surface area contributed by atoms with Crippen LogP contribution < -0.4 is 5.32 Å². The van der Waals surface area contributed by atoms with Crippen LogP contribution in [0.4, 0.5) is 5.69 Å². The zero-order valence-electron chi connectivity index (χ0n) is 11.0. The Labute approximate surface area is 125 Å². The molecule has 0 radical (unpaired) electrons. The zero-order chi connectivity index (χ0) is 14.4. The lowest BCUT2D eigenvalue weighted by Crippen LogP contribution is -2.13. The largest absolute Gasteiger partial charge is 0.465 e. The number of ether oxygens (including phenoxy) is 1. The Morgan fingerprint density at radius 2 is 2.10 bits per heavy atom. The van der Waals surface area contributed by atoms with Crippen molar-refractivity contribution in [2.75, 3.05) is 12.4 Å². The van der Waals surface area contributed by atoms with Crippen LogP contribution >= 0.6 is 22.7 Å². The summed E-state index contributed by atoms with van der Waals surface area (Å²) < 4.78 is 4.67. The number of methoxy groups -OCH3 is 1. The predicted octanol–water partition coefficient (Wildman–Crippen LogP) is 3.56. The van der Waals surface area contributed by atoms with E-state index in [1.807, 2.05) is 11.4 Å². The van der Waals surface area contributed by atoms with Crippen LogP contribution in [0.1, 0.15) is 27.4 Å². The van der Waals surface area contributed by atoms with Gasteiger partial charge in [-0.15, -0.1) is 22.7 Å². The lowest BCUT2D eigenvalue weighted by molar-refractivity contribution is -0.116. The number of amides is 1. The number of hydrogen-bond acceptors (Lipinski definition) is 5. The van der Waals surface area contributed by atoms with Gasteiger partial charge in [0.15, 0.2) is 0 Å². The molecule has 20 heavy (non-hydrogen) atoms. The van der Waals surface area contributed by atoms with Crippen molar-refractivity contribution in [3.05, 3.63) is 38.7 Å². The van der Waals surface area contributed by atoms with E-state index in [-0.39, 0.29) is 5.91 Å².